The van der Waals surface area contributed by atoms with Crippen molar-refractivity contribution in [1.29, 1.82) is 0 Å². The number of benzene rings is 2. The molecule has 11 nitrogen and oxygen atoms in total. The van der Waals surface area contributed by atoms with Crippen molar-refractivity contribution in [1.82, 2.24) is 25.3 Å². The van der Waals surface area contributed by atoms with Crippen molar-refractivity contribution in [3.63, 3.8) is 0 Å². The summed E-state index contributed by atoms with van der Waals surface area (Å²) < 4.78 is 5.36. The second kappa shape index (κ2) is 13.5. The Balaban J connectivity index is 1.38. The van der Waals surface area contributed by atoms with Crippen LogP contribution >= 0.6 is 0 Å². The topological polar surface area (TPSA) is 132 Å². The van der Waals surface area contributed by atoms with Gasteiger partial charge in [0.25, 0.3) is 0 Å². The molecule has 43 heavy (non-hydrogen) atoms. The molecule has 2 aliphatic rings. The average Bonchev–Trinajstić information content (AvgIpc) is 3.58. The number of aliphatic hydroxyl groups is 1. The van der Waals surface area contributed by atoms with Crippen molar-refractivity contribution in [3.8, 4) is 0 Å². The summed E-state index contributed by atoms with van der Waals surface area (Å²) in [6.45, 7) is 8.00. The van der Waals surface area contributed by atoms with Gasteiger partial charge in [-0.3, -0.25) is 14.5 Å². The number of amides is 5. The minimum atomic E-state index is -0.928. The second-order valence-electron chi connectivity index (χ2n) is 12.4. The van der Waals surface area contributed by atoms with Gasteiger partial charge in [0.15, 0.2) is 0 Å². The number of fused-ring (bicyclic) bond motifs is 1. The minimum Gasteiger partial charge on any atom is -0.445 e. The first-order chi connectivity index (χ1) is 20.4. The average molecular weight is 594 g/mol. The Morgan fingerprint density at radius 1 is 1.00 bits per heavy atom. The van der Waals surface area contributed by atoms with Crippen LogP contribution in [0.1, 0.15) is 45.2 Å². The van der Waals surface area contributed by atoms with E-state index in [1.54, 1.807) is 16.7 Å². The van der Waals surface area contributed by atoms with Crippen molar-refractivity contribution in [2.24, 2.45) is 5.41 Å². The first kappa shape index (κ1) is 31.8. The molecule has 232 valence electrons. The van der Waals surface area contributed by atoms with Gasteiger partial charge in [0.2, 0.25) is 11.8 Å². The van der Waals surface area contributed by atoms with E-state index in [4.69, 9.17) is 4.74 Å². The molecule has 0 spiro atoms. The molecule has 2 fully saturated rings. The van der Waals surface area contributed by atoms with Crippen molar-refractivity contribution >= 4 is 23.9 Å². The van der Waals surface area contributed by atoms with Gasteiger partial charge in [-0.25, -0.2) is 9.59 Å². The van der Waals surface area contributed by atoms with E-state index in [2.05, 4.69) is 10.6 Å². The molecule has 0 unspecified atom stereocenters. The highest BCUT2D eigenvalue weighted by Crippen LogP contribution is 2.34. The summed E-state index contributed by atoms with van der Waals surface area (Å²) in [5.41, 5.74) is 1.11. The number of likely N-dealkylation sites (N-methyl/N-ethyl adjacent to an activating group) is 1. The highest BCUT2D eigenvalue weighted by atomic mass is 16.6. The summed E-state index contributed by atoms with van der Waals surface area (Å²) in [6, 6.07) is 15.7. The van der Waals surface area contributed by atoms with Crippen molar-refractivity contribution in [2.75, 3.05) is 20.1 Å². The molecule has 5 amide bonds. The zero-order valence-electron chi connectivity index (χ0n) is 25.5. The van der Waals surface area contributed by atoms with E-state index in [1.807, 2.05) is 81.4 Å². The second-order valence-corrected chi connectivity index (χ2v) is 12.4. The largest absolute Gasteiger partial charge is 0.445 e. The third-order valence-electron chi connectivity index (χ3n) is 8.28. The lowest BCUT2D eigenvalue weighted by atomic mass is 9.85. The van der Waals surface area contributed by atoms with Crippen LogP contribution in [0, 0.1) is 5.41 Å². The van der Waals surface area contributed by atoms with Gasteiger partial charge >= 0.3 is 12.1 Å². The van der Waals surface area contributed by atoms with Gasteiger partial charge in [-0.1, -0.05) is 81.4 Å². The van der Waals surface area contributed by atoms with Gasteiger partial charge < -0.3 is 30.3 Å². The maximum atomic E-state index is 14.0. The lowest BCUT2D eigenvalue weighted by Gasteiger charge is -2.37. The summed E-state index contributed by atoms with van der Waals surface area (Å²) in [5, 5.41) is 16.8. The number of nitrogens with one attached hydrogen (secondary N) is 2. The molecule has 0 aliphatic carbocycles. The monoisotopic (exact) mass is 593 g/mol. The highest BCUT2D eigenvalue weighted by Gasteiger charge is 2.53. The Morgan fingerprint density at radius 2 is 1.60 bits per heavy atom. The SMILES string of the molecule is C[C@@H](C(=O)N[C@H](C(=O)N1CC[C@@H]2[C@H]1[C@@H](O)CN2C(=O)NCc1ccccc1)C(C)(C)C)N(C)C(=O)OCc1ccccc1. The predicted molar refractivity (Wildman–Crippen MR) is 161 cm³/mol. The molecule has 2 saturated heterocycles. The number of carbonyl (C=O) groups is 4. The van der Waals surface area contributed by atoms with Crippen LogP contribution in [0.3, 0.4) is 0 Å². The number of carbonyl (C=O) groups excluding carboxylic acids is 4. The fourth-order valence-electron chi connectivity index (χ4n) is 5.65. The van der Waals surface area contributed by atoms with Crippen molar-refractivity contribution in [2.45, 2.75) is 77.5 Å². The summed E-state index contributed by atoms with van der Waals surface area (Å²) >= 11 is 0. The van der Waals surface area contributed by atoms with Crippen LogP contribution in [-0.4, -0.2) is 94.2 Å². The Labute approximate surface area is 253 Å². The van der Waals surface area contributed by atoms with Gasteiger partial charge in [-0.05, 0) is 29.9 Å². The molecule has 2 heterocycles. The van der Waals surface area contributed by atoms with E-state index in [0.717, 1.165) is 11.1 Å². The molecule has 0 aromatic heterocycles. The molecular weight excluding hydrogens is 550 g/mol. The maximum absolute atomic E-state index is 14.0. The van der Waals surface area contributed by atoms with E-state index in [0.29, 0.717) is 19.5 Å². The summed E-state index contributed by atoms with van der Waals surface area (Å²) in [6.07, 6.45) is -1.06. The van der Waals surface area contributed by atoms with E-state index in [1.165, 1.54) is 11.9 Å². The number of hydrogen-bond acceptors (Lipinski definition) is 6. The van der Waals surface area contributed by atoms with Crippen LogP contribution in [0.2, 0.25) is 0 Å². The first-order valence-electron chi connectivity index (χ1n) is 14.7. The quantitative estimate of drug-likeness (QED) is 0.432. The summed E-state index contributed by atoms with van der Waals surface area (Å²) in [5.74, 6) is -0.836. The lowest BCUT2D eigenvalue weighted by molar-refractivity contribution is -0.142. The number of aliphatic hydroxyl groups excluding tert-OH is 1. The minimum absolute atomic E-state index is 0.0720. The molecule has 2 aliphatic heterocycles. The number of rotatable bonds is 8. The number of β-amino-alcohol motifs (C(OH)–C–C–N with tert-alkyl or cyclic N) is 1. The van der Waals surface area contributed by atoms with Gasteiger partial charge in [0.05, 0.1) is 24.7 Å². The first-order valence-corrected chi connectivity index (χ1v) is 14.7. The van der Waals surface area contributed by atoms with Gasteiger partial charge in [-0.15, -0.1) is 0 Å². The van der Waals surface area contributed by atoms with Crippen LogP contribution in [0.5, 0.6) is 0 Å². The van der Waals surface area contributed by atoms with Gasteiger partial charge in [0.1, 0.15) is 18.7 Å². The fourth-order valence-corrected chi connectivity index (χ4v) is 5.65. The Kier molecular flexibility index (Phi) is 9.95. The number of nitrogens with zero attached hydrogens (tertiary/aromatic N) is 3. The number of hydrogen-bond donors (Lipinski definition) is 3. The smallest absolute Gasteiger partial charge is 0.410 e. The van der Waals surface area contributed by atoms with Crippen LogP contribution in [0.15, 0.2) is 60.7 Å². The molecule has 0 saturated carbocycles. The van der Waals surface area contributed by atoms with Crippen LogP contribution in [0.25, 0.3) is 0 Å². The standard InChI is InChI=1S/C32H43N5O6/c1-21(35(5)31(42)43-20-23-14-10-7-11-15-23)28(39)34-27(32(2,3)4)29(40)36-17-16-24-26(36)25(38)19-37(24)30(41)33-18-22-12-8-6-9-13-22/h6-15,21,24-27,38H,16-20H2,1-5H3,(H,33,41)(H,34,39)/t21-,24+,25-,26-,27+/m0/s1. The van der Waals surface area contributed by atoms with E-state index >= 15 is 0 Å². The molecule has 2 aromatic rings. The zero-order valence-corrected chi connectivity index (χ0v) is 25.5. The molecule has 2 aromatic carbocycles. The van der Waals surface area contributed by atoms with Crippen LogP contribution in [-0.2, 0) is 27.5 Å². The summed E-state index contributed by atoms with van der Waals surface area (Å²) in [7, 11) is 1.48. The van der Waals surface area contributed by atoms with Crippen LogP contribution in [0.4, 0.5) is 9.59 Å². The molecule has 0 bridgehead atoms. The third kappa shape index (κ3) is 7.45. The third-order valence-corrected chi connectivity index (χ3v) is 8.28. The van der Waals surface area contributed by atoms with Crippen LogP contribution < -0.4 is 10.6 Å². The van der Waals surface area contributed by atoms with Crippen molar-refractivity contribution in [3.05, 3.63) is 71.8 Å². The fraction of sp³-hybridized carbons (Fsp3) is 0.500. The summed E-state index contributed by atoms with van der Waals surface area (Å²) in [4.78, 5) is 57.4. The van der Waals surface area contributed by atoms with Crippen molar-refractivity contribution < 1.29 is 29.0 Å². The van der Waals surface area contributed by atoms with E-state index in [9.17, 15) is 24.3 Å². The highest BCUT2D eigenvalue weighted by molar-refractivity contribution is 5.92. The van der Waals surface area contributed by atoms with E-state index in [-0.39, 0.29) is 31.1 Å². The molecule has 5 atom stereocenters. The Bertz CT molecular complexity index is 1280. The van der Waals surface area contributed by atoms with Gasteiger partial charge in [-0.2, -0.15) is 0 Å². The Hall–Kier alpha value is -4.12. The molecular formula is C32H43N5O6. The lowest BCUT2D eigenvalue weighted by Crippen LogP contribution is -2.60. The molecule has 4 rings (SSSR count). The molecule has 11 heteroatoms. The molecule has 0 radical (unpaired) electrons. The number of likely N-dealkylation sites (tertiary alicyclic amines) is 2. The predicted octanol–water partition coefficient (Wildman–Crippen LogP) is 2.73. The number of ether oxygens (including phenoxy) is 1. The Morgan fingerprint density at radius 3 is 2.21 bits per heavy atom. The van der Waals surface area contributed by atoms with E-state index < -0.39 is 41.6 Å². The normalized spacial score (nSPS) is 21.0. The zero-order chi connectivity index (χ0) is 31.3. The number of urea groups is 1. The maximum Gasteiger partial charge on any atom is 0.410 e. The molecule has 3 N–H and O–H groups in total. The van der Waals surface area contributed by atoms with Gasteiger partial charge in [0, 0.05) is 20.1 Å².